The fourth-order valence-electron chi connectivity index (χ4n) is 2.39. The van der Waals surface area contributed by atoms with Gasteiger partial charge in [0.2, 0.25) is 11.8 Å². The molecule has 1 aromatic carbocycles. The molecule has 3 rings (SSSR count). The minimum Gasteiger partial charge on any atom is -0.477 e. The first-order valence-electron chi connectivity index (χ1n) is 7.50. The molecule has 2 heterocycles. The second-order valence-corrected chi connectivity index (χ2v) is 7.11. The number of carbonyl (C=O) groups excluding carboxylic acids is 2. The second-order valence-electron chi connectivity index (χ2n) is 5.43. The molecule has 2 amide bonds. The van der Waals surface area contributed by atoms with Crippen molar-refractivity contribution in [1.29, 1.82) is 0 Å². The topological polar surface area (TPSA) is 119 Å². The number of benzene rings is 1. The van der Waals surface area contributed by atoms with Crippen LogP contribution in [0.25, 0.3) is 0 Å². The highest BCUT2D eigenvalue weighted by atomic mass is 32.2. The molecule has 0 spiro atoms. The first-order chi connectivity index (χ1) is 11.9. The predicted octanol–water partition coefficient (Wildman–Crippen LogP) is 0.743. The molecule has 2 aromatic rings. The molecule has 10 heteroatoms. The zero-order valence-corrected chi connectivity index (χ0v) is 14.2. The molecule has 0 fully saturated rings. The van der Waals surface area contributed by atoms with E-state index in [2.05, 4.69) is 10.4 Å². The number of sulfonamides is 1. The quantitative estimate of drug-likeness (QED) is 0.826. The number of aromatic nitrogens is 2. The van der Waals surface area contributed by atoms with Crippen molar-refractivity contribution in [2.75, 3.05) is 11.9 Å². The van der Waals surface area contributed by atoms with Crippen LogP contribution in [0.2, 0.25) is 0 Å². The van der Waals surface area contributed by atoms with Gasteiger partial charge >= 0.3 is 0 Å². The number of nitrogens with one attached hydrogen (secondary N) is 2. The van der Waals surface area contributed by atoms with Gasteiger partial charge in [-0.25, -0.2) is 17.8 Å². The van der Waals surface area contributed by atoms with E-state index >= 15 is 0 Å². The van der Waals surface area contributed by atoms with E-state index in [1.807, 2.05) is 4.72 Å². The maximum atomic E-state index is 12.4. The van der Waals surface area contributed by atoms with Gasteiger partial charge in [0, 0.05) is 25.6 Å². The van der Waals surface area contributed by atoms with Gasteiger partial charge in [0.1, 0.15) is 5.56 Å². The fourth-order valence-corrected chi connectivity index (χ4v) is 3.38. The summed E-state index contributed by atoms with van der Waals surface area (Å²) in [6.07, 6.45) is 2.27. The number of anilines is 1. The van der Waals surface area contributed by atoms with Gasteiger partial charge in [0.15, 0.2) is 0 Å². The Bertz CT molecular complexity index is 918. The summed E-state index contributed by atoms with van der Waals surface area (Å²) in [4.78, 5) is 23.2. The van der Waals surface area contributed by atoms with Gasteiger partial charge in [-0.1, -0.05) is 0 Å². The molecule has 0 aliphatic carbocycles. The summed E-state index contributed by atoms with van der Waals surface area (Å²) >= 11 is 0. The second kappa shape index (κ2) is 6.55. The molecule has 132 valence electrons. The number of ether oxygens (including phenoxy) is 1. The molecule has 0 atom stereocenters. The summed E-state index contributed by atoms with van der Waals surface area (Å²) in [6, 6.07) is 5.46. The Labute approximate surface area is 144 Å². The lowest BCUT2D eigenvalue weighted by Crippen LogP contribution is -2.28. The smallest absolute Gasteiger partial charge is 0.264 e. The Hall–Kier alpha value is -2.88. The molecule has 2 N–H and O–H groups in total. The lowest BCUT2D eigenvalue weighted by molar-refractivity contribution is -0.117. The molecule has 25 heavy (non-hydrogen) atoms. The maximum Gasteiger partial charge on any atom is 0.264 e. The average molecular weight is 364 g/mol. The van der Waals surface area contributed by atoms with Crippen molar-refractivity contribution in [2.24, 2.45) is 0 Å². The summed E-state index contributed by atoms with van der Waals surface area (Å²) in [5.41, 5.74) is 0.720. The Kier molecular flexibility index (Phi) is 4.45. The van der Waals surface area contributed by atoms with Crippen LogP contribution in [0.15, 0.2) is 35.4 Å². The van der Waals surface area contributed by atoms with Gasteiger partial charge in [-0.2, -0.15) is 5.10 Å². The molecule has 0 radical (unpaired) electrons. The summed E-state index contributed by atoms with van der Waals surface area (Å²) in [6.45, 7) is 2.33. The van der Waals surface area contributed by atoms with E-state index in [9.17, 15) is 18.0 Å². The van der Waals surface area contributed by atoms with E-state index in [4.69, 9.17) is 4.74 Å². The van der Waals surface area contributed by atoms with Gasteiger partial charge in [0.25, 0.3) is 15.9 Å². The third-order valence-corrected chi connectivity index (χ3v) is 4.94. The standard InChI is InChI=1S/C15H16N4O5S/c1-10(20)18-25(22,23)12-5-3-11(4-6-12)17-14(21)13-9-16-19-7-2-8-24-15(13)19/h3-6,9H,2,7-8H2,1H3,(H,17,21)(H,18,20). The van der Waals surface area contributed by atoms with Gasteiger partial charge in [-0.3, -0.25) is 9.59 Å². The number of aryl methyl sites for hydroxylation is 1. The van der Waals surface area contributed by atoms with Crippen molar-refractivity contribution in [3.05, 3.63) is 36.0 Å². The van der Waals surface area contributed by atoms with E-state index in [1.54, 1.807) is 4.68 Å². The van der Waals surface area contributed by atoms with Crippen LogP contribution in [0.5, 0.6) is 5.88 Å². The van der Waals surface area contributed by atoms with Gasteiger partial charge in [-0.05, 0) is 24.3 Å². The van der Waals surface area contributed by atoms with Crippen LogP contribution in [-0.2, 0) is 21.4 Å². The van der Waals surface area contributed by atoms with Gasteiger partial charge in [-0.15, -0.1) is 0 Å². The summed E-state index contributed by atoms with van der Waals surface area (Å²) < 4.78 is 32.7. The van der Waals surface area contributed by atoms with Crippen LogP contribution in [0.1, 0.15) is 23.7 Å². The predicted molar refractivity (Wildman–Crippen MR) is 87.7 cm³/mol. The summed E-state index contributed by atoms with van der Waals surface area (Å²) in [5.74, 6) is -0.655. The van der Waals surface area contributed by atoms with Crippen molar-refractivity contribution in [3.63, 3.8) is 0 Å². The number of fused-ring (bicyclic) bond motifs is 1. The first-order valence-corrected chi connectivity index (χ1v) is 8.98. The molecule has 0 saturated heterocycles. The highest BCUT2D eigenvalue weighted by Gasteiger charge is 2.22. The molecule has 0 bridgehead atoms. The Morgan fingerprint density at radius 1 is 1.24 bits per heavy atom. The molecule has 1 aliphatic heterocycles. The zero-order chi connectivity index (χ0) is 18.0. The van der Waals surface area contributed by atoms with Crippen molar-refractivity contribution in [2.45, 2.75) is 24.8 Å². The average Bonchev–Trinajstić information content (AvgIpc) is 2.98. The first kappa shape index (κ1) is 17.0. The van der Waals surface area contributed by atoms with Crippen molar-refractivity contribution < 1.29 is 22.7 Å². The van der Waals surface area contributed by atoms with Crippen molar-refractivity contribution in [3.8, 4) is 5.88 Å². The maximum absolute atomic E-state index is 12.4. The molecular formula is C15H16N4O5S. The van der Waals surface area contributed by atoms with Crippen LogP contribution in [0.4, 0.5) is 5.69 Å². The number of amides is 2. The zero-order valence-electron chi connectivity index (χ0n) is 13.4. The van der Waals surface area contributed by atoms with Crippen LogP contribution in [0.3, 0.4) is 0 Å². The molecule has 9 nitrogen and oxygen atoms in total. The molecule has 0 unspecified atom stereocenters. The Morgan fingerprint density at radius 2 is 1.96 bits per heavy atom. The van der Waals surface area contributed by atoms with E-state index in [0.717, 1.165) is 13.3 Å². The van der Waals surface area contributed by atoms with E-state index in [0.29, 0.717) is 30.3 Å². The van der Waals surface area contributed by atoms with Crippen LogP contribution < -0.4 is 14.8 Å². The molecular weight excluding hydrogens is 348 g/mol. The van der Waals surface area contributed by atoms with Crippen LogP contribution >= 0.6 is 0 Å². The summed E-state index contributed by atoms with van der Waals surface area (Å²) in [7, 11) is -3.91. The number of nitrogens with zero attached hydrogens (tertiary/aromatic N) is 2. The highest BCUT2D eigenvalue weighted by molar-refractivity contribution is 7.90. The third kappa shape index (κ3) is 3.63. The lowest BCUT2D eigenvalue weighted by atomic mass is 10.2. The minimum absolute atomic E-state index is 0.0769. The number of rotatable bonds is 4. The largest absolute Gasteiger partial charge is 0.477 e. The van der Waals surface area contributed by atoms with E-state index in [1.165, 1.54) is 30.5 Å². The fraction of sp³-hybridized carbons (Fsp3) is 0.267. The SMILES string of the molecule is CC(=O)NS(=O)(=O)c1ccc(NC(=O)c2cnn3c2OCCC3)cc1. The number of hydrogen-bond donors (Lipinski definition) is 2. The normalized spacial score (nSPS) is 13.5. The molecule has 1 aliphatic rings. The monoisotopic (exact) mass is 364 g/mol. The van der Waals surface area contributed by atoms with Crippen LogP contribution in [0, 0.1) is 0 Å². The van der Waals surface area contributed by atoms with Gasteiger partial charge in [0.05, 0.1) is 17.7 Å². The van der Waals surface area contributed by atoms with Crippen LogP contribution in [-0.4, -0.2) is 36.6 Å². The minimum atomic E-state index is -3.91. The highest BCUT2D eigenvalue weighted by Crippen LogP contribution is 2.23. The lowest BCUT2D eigenvalue weighted by Gasteiger charge is -2.15. The number of carbonyl (C=O) groups is 2. The van der Waals surface area contributed by atoms with Crippen molar-refractivity contribution in [1.82, 2.24) is 14.5 Å². The molecule has 1 aromatic heterocycles. The van der Waals surface area contributed by atoms with Crippen molar-refractivity contribution >= 4 is 27.5 Å². The Balaban J connectivity index is 1.74. The molecule has 0 saturated carbocycles. The number of hydrogen-bond acceptors (Lipinski definition) is 6. The third-order valence-electron chi connectivity index (χ3n) is 3.49. The van der Waals surface area contributed by atoms with E-state index in [-0.39, 0.29) is 4.90 Å². The van der Waals surface area contributed by atoms with E-state index < -0.39 is 21.8 Å². The van der Waals surface area contributed by atoms with Gasteiger partial charge < -0.3 is 10.1 Å². The Morgan fingerprint density at radius 3 is 2.64 bits per heavy atom. The summed E-state index contributed by atoms with van der Waals surface area (Å²) in [5, 5.41) is 6.76.